The van der Waals surface area contributed by atoms with Crippen LogP contribution >= 0.6 is 0 Å². The van der Waals surface area contributed by atoms with Crippen LogP contribution in [-0.2, 0) is 11.3 Å². The zero-order chi connectivity index (χ0) is 11.8. The summed E-state index contributed by atoms with van der Waals surface area (Å²) in [7, 11) is 1.63. The summed E-state index contributed by atoms with van der Waals surface area (Å²) in [6, 6.07) is 7.65. The smallest absolute Gasteiger partial charge is 0.234 e. The van der Waals surface area contributed by atoms with Crippen LogP contribution in [0.3, 0.4) is 0 Å². The first-order chi connectivity index (χ1) is 7.76. The van der Waals surface area contributed by atoms with Crippen LogP contribution in [0.15, 0.2) is 24.3 Å². The second kappa shape index (κ2) is 6.85. The molecule has 0 aliphatic heterocycles. The monoisotopic (exact) mass is 222 g/mol. The molecule has 4 nitrogen and oxygen atoms in total. The van der Waals surface area contributed by atoms with Crippen molar-refractivity contribution in [2.45, 2.75) is 13.5 Å². The fourth-order valence-electron chi connectivity index (χ4n) is 1.28. The largest absolute Gasteiger partial charge is 0.497 e. The summed E-state index contributed by atoms with van der Waals surface area (Å²) in [5.74, 6) is 0.808. The van der Waals surface area contributed by atoms with Gasteiger partial charge in [-0.15, -0.1) is 0 Å². The molecule has 0 aromatic heterocycles. The van der Waals surface area contributed by atoms with Gasteiger partial charge in [0.25, 0.3) is 0 Å². The molecule has 0 aliphatic carbocycles. The highest BCUT2D eigenvalue weighted by Crippen LogP contribution is 2.11. The molecule has 0 aliphatic rings. The van der Waals surface area contributed by atoms with Crippen LogP contribution in [0.4, 0.5) is 0 Å². The molecule has 0 heterocycles. The van der Waals surface area contributed by atoms with E-state index in [0.717, 1.165) is 17.9 Å². The Bertz CT molecular complexity index is 340. The van der Waals surface area contributed by atoms with Crippen LogP contribution in [0.5, 0.6) is 5.75 Å². The lowest BCUT2D eigenvalue weighted by Crippen LogP contribution is -2.33. The van der Waals surface area contributed by atoms with E-state index in [1.165, 1.54) is 0 Å². The standard InChI is InChI=1S/C12H18N2O2/c1-3-13-9-12(15)14-8-10-5-4-6-11(7-10)16-2/h4-7,13H,3,8-9H2,1-2H3,(H,14,15). The Kier molecular flexibility index (Phi) is 5.36. The minimum Gasteiger partial charge on any atom is -0.497 e. The summed E-state index contributed by atoms with van der Waals surface area (Å²) in [6.07, 6.45) is 0. The van der Waals surface area contributed by atoms with Gasteiger partial charge < -0.3 is 15.4 Å². The molecule has 0 fully saturated rings. The molecular formula is C12H18N2O2. The number of nitrogens with one attached hydrogen (secondary N) is 2. The Labute approximate surface area is 96.0 Å². The highest BCUT2D eigenvalue weighted by molar-refractivity contribution is 5.77. The van der Waals surface area contributed by atoms with E-state index in [0.29, 0.717) is 13.1 Å². The first-order valence-electron chi connectivity index (χ1n) is 5.36. The Morgan fingerprint density at radius 3 is 2.94 bits per heavy atom. The van der Waals surface area contributed by atoms with E-state index in [2.05, 4.69) is 10.6 Å². The fraction of sp³-hybridized carbons (Fsp3) is 0.417. The minimum atomic E-state index is 0.00432. The molecule has 88 valence electrons. The third-order valence-corrected chi connectivity index (χ3v) is 2.16. The Morgan fingerprint density at radius 1 is 1.44 bits per heavy atom. The second-order valence-corrected chi connectivity index (χ2v) is 3.41. The Morgan fingerprint density at radius 2 is 2.25 bits per heavy atom. The van der Waals surface area contributed by atoms with Crippen LogP contribution in [0.25, 0.3) is 0 Å². The lowest BCUT2D eigenvalue weighted by atomic mass is 10.2. The van der Waals surface area contributed by atoms with Crippen molar-refractivity contribution in [3.05, 3.63) is 29.8 Å². The summed E-state index contributed by atoms with van der Waals surface area (Å²) >= 11 is 0. The molecule has 1 aromatic rings. The number of carbonyl (C=O) groups excluding carboxylic acids is 1. The molecule has 1 rings (SSSR count). The van der Waals surface area contributed by atoms with E-state index in [9.17, 15) is 4.79 Å². The normalized spacial score (nSPS) is 9.88. The molecule has 0 saturated heterocycles. The number of rotatable bonds is 6. The molecule has 0 saturated carbocycles. The van der Waals surface area contributed by atoms with Crippen molar-refractivity contribution in [1.82, 2.24) is 10.6 Å². The maximum atomic E-state index is 11.3. The molecule has 4 heteroatoms. The van der Waals surface area contributed by atoms with Gasteiger partial charge in [-0.2, -0.15) is 0 Å². The van der Waals surface area contributed by atoms with Crippen molar-refractivity contribution in [3.63, 3.8) is 0 Å². The van der Waals surface area contributed by atoms with Crippen LogP contribution in [-0.4, -0.2) is 26.1 Å². The number of methoxy groups -OCH3 is 1. The van der Waals surface area contributed by atoms with Gasteiger partial charge in [-0.3, -0.25) is 4.79 Å². The molecule has 2 N–H and O–H groups in total. The topological polar surface area (TPSA) is 50.4 Å². The molecule has 0 radical (unpaired) electrons. The van der Waals surface area contributed by atoms with Crippen molar-refractivity contribution >= 4 is 5.91 Å². The average molecular weight is 222 g/mol. The maximum Gasteiger partial charge on any atom is 0.234 e. The van der Waals surface area contributed by atoms with Crippen molar-refractivity contribution in [3.8, 4) is 5.75 Å². The summed E-state index contributed by atoms with van der Waals surface area (Å²) < 4.78 is 5.10. The summed E-state index contributed by atoms with van der Waals surface area (Å²) in [5, 5.41) is 5.80. The van der Waals surface area contributed by atoms with Crippen LogP contribution < -0.4 is 15.4 Å². The van der Waals surface area contributed by atoms with Gasteiger partial charge in [-0.25, -0.2) is 0 Å². The molecule has 1 amide bonds. The number of amides is 1. The first-order valence-corrected chi connectivity index (χ1v) is 5.36. The second-order valence-electron chi connectivity index (χ2n) is 3.41. The number of hydrogen-bond donors (Lipinski definition) is 2. The van der Waals surface area contributed by atoms with Crippen LogP contribution in [0, 0.1) is 0 Å². The third kappa shape index (κ3) is 4.31. The predicted molar refractivity (Wildman–Crippen MR) is 63.4 cm³/mol. The molecule has 0 bridgehead atoms. The van der Waals surface area contributed by atoms with Gasteiger partial charge in [-0.05, 0) is 24.2 Å². The zero-order valence-electron chi connectivity index (χ0n) is 9.75. The van der Waals surface area contributed by atoms with E-state index in [4.69, 9.17) is 4.74 Å². The molecule has 0 spiro atoms. The third-order valence-electron chi connectivity index (χ3n) is 2.16. The quantitative estimate of drug-likeness (QED) is 0.752. The van der Waals surface area contributed by atoms with Crippen molar-refractivity contribution < 1.29 is 9.53 Å². The summed E-state index contributed by atoms with van der Waals surface area (Å²) in [4.78, 5) is 11.3. The predicted octanol–water partition coefficient (Wildman–Crippen LogP) is 0.921. The van der Waals surface area contributed by atoms with E-state index >= 15 is 0 Å². The zero-order valence-corrected chi connectivity index (χ0v) is 9.75. The first kappa shape index (κ1) is 12.5. The minimum absolute atomic E-state index is 0.00432. The van der Waals surface area contributed by atoms with Gasteiger partial charge >= 0.3 is 0 Å². The van der Waals surface area contributed by atoms with Crippen molar-refractivity contribution in [2.24, 2.45) is 0 Å². The van der Waals surface area contributed by atoms with Gasteiger partial charge in [0.15, 0.2) is 0 Å². The number of hydrogen-bond acceptors (Lipinski definition) is 3. The number of likely N-dealkylation sites (N-methyl/N-ethyl adjacent to an activating group) is 1. The summed E-state index contributed by atoms with van der Waals surface area (Å²) in [6.45, 7) is 3.66. The maximum absolute atomic E-state index is 11.3. The molecule has 0 atom stereocenters. The lowest BCUT2D eigenvalue weighted by Gasteiger charge is -2.07. The number of ether oxygens (including phenoxy) is 1. The van der Waals surface area contributed by atoms with Gasteiger partial charge in [0, 0.05) is 6.54 Å². The fourth-order valence-corrected chi connectivity index (χ4v) is 1.28. The lowest BCUT2D eigenvalue weighted by molar-refractivity contribution is -0.120. The van der Waals surface area contributed by atoms with Crippen molar-refractivity contribution in [2.75, 3.05) is 20.2 Å². The van der Waals surface area contributed by atoms with Gasteiger partial charge in [-0.1, -0.05) is 19.1 Å². The van der Waals surface area contributed by atoms with Gasteiger partial charge in [0.1, 0.15) is 5.75 Å². The van der Waals surface area contributed by atoms with Crippen LogP contribution in [0.2, 0.25) is 0 Å². The highest BCUT2D eigenvalue weighted by atomic mass is 16.5. The van der Waals surface area contributed by atoms with Crippen LogP contribution in [0.1, 0.15) is 12.5 Å². The van der Waals surface area contributed by atoms with Gasteiger partial charge in [0.05, 0.1) is 13.7 Å². The number of benzene rings is 1. The number of carbonyl (C=O) groups is 1. The summed E-state index contributed by atoms with van der Waals surface area (Å²) in [5.41, 5.74) is 1.03. The van der Waals surface area contributed by atoms with E-state index in [-0.39, 0.29) is 5.91 Å². The van der Waals surface area contributed by atoms with E-state index < -0.39 is 0 Å². The molecular weight excluding hydrogens is 204 g/mol. The highest BCUT2D eigenvalue weighted by Gasteiger charge is 2.00. The molecule has 1 aromatic carbocycles. The SMILES string of the molecule is CCNCC(=O)NCc1cccc(OC)c1. The van der Waals surface area contributed by atoms with Gasteiger partial charge in [0.2, 0.25) is 5.91 Å². The van der Waals surface area contributed by atoms with E-state index in [1.807, 2.05) is 31.2 Å². The van der Waals surface area contributed by atoms with Crippen molar-refractivity contribution in [1.29, 1.82) is 0 Å². The molecule has 0 unspecified atom stereocenters. The molecule has 16 heavy (non-hydrogen) atoms. The average Bonchev–Trinajstić information content (AvgIpc) is 2.34. The Balaban J connectivity index is 2.38. The Hall–Kier alpha value is -1.55. The van der Waals surface area contributed by atoms with E-state index in [1.54, 1.807) is 7.11 Å².